The maximum absolute atomic E-state index is 9.81. The Morgan fingerprint density at radius 3 is 3.14 bits per heavy atom. The normalized spacial score (nSPS) is 17.1. The number of pyridine rings is 1. The number of ether oxygens (including phenoxy) is 1. The maximum atomic E-state index is 9.81. The van der Waals surface area contributed by atoms with E-state index in [4.69, 9.17) is 4.74 Å². The van der Waals surface area contributed by atoms with E-state index in [0.29, 0.717) is 6.61 Å². The van der Waals surface area contributed by atoms with Crippen molar-refractivity contribution in [1.82, 2.24) is 9.38 Å². The SMILES string of the molecule is OC1CCc2cc(OCc3cn4ccccc4n3)ccc21. The summed E-state index contributed by atoms with van der Waals surface area (Å²) in [4.78, 5) is 4.51. The van der Waals surface area contributed by atoms with E-state index in [0.717, 1.165) is 35.5 Å². The van der Waals surface area contributed by atoms with Gasteiger partial charge in [-0.1, -0.05) is 12.1 Å². The molecule has 2 heterocycles. The van der Waals surface area contributed by atoms with Gasteiger partial charge in [0.25, 0.3) is 0 Å². The van der Waals surface area contributed by atoms with Crippen LogP contribution in [0.4, 0.5) is 0 Å². The molecular weight excluding hydrogens is 264 g/mol. The van der Waals surface area contributed by atoms with Gasteiger partial charge in [0, 0.05) is 12.4 Å². The fourth-order valence-electron chi connectivity index (χ4n) is 2.88. The Morgan fingerprint density at radius 1 is 1.29 bits per heavy atom. The molecule has 0 saturated heterocycles. The van der Waals surface area contributed by atoms with Crippen molar-refractivity contribution in [3.05, 3.63) is 65.6 Å². The molecule has 0 radical (unpaired) electrons. The quantitative estimate of drug-likeness (QED) is 0.802. The van der Waals surface area contributed by atoms with Crippen molar-refractivity contribution in [2.24, 2.45) is 0 Å². The molecule has 1 N–H and O–H groups in total. The Kier molecular flexibility index (Phi) is 2.89. The van der Waals surface area contributed by atoms with Crippen molar-refractivity contribution >= 4 is 5.65 Å². The second kappa shape index (κ2) is 4.90. The van der Waals surface area contributed by atoms with E-state index in [1.54, 1.807) is 0 Å². The van der Waals surface area contributed by atoms with Crippen LogP contribution in [0.15, 0.2) is 48.8 Å². The van der Waals surface area contributed by atoms with Gasteiger partial charge in [-0.15, -0.1) is 0 Å². The minimum Gasteiger partial charge on any atom is -0.487 e. The van der Waals surface area contributed by atoms with E-state index >= 15 is 0 Å². The van der Waals surface area contributed by atoms with Gasteiger partial charge in [0.1, 0.15) is 18.0 Å². The Labute approximate surface area is 122 Å². The molecule has 1 atom stereocenters. The Balaban J connectivity index is 1.51. The Hall–Kier alpha value is -2.33. The lowest BCUT2D eigenvalue weighted by molar-refractivity contribution is 0.180. The van der Waals surface area contributed by atoms with Crippen molar-refractivity contribution in [3.63, 3.8) is 0 Å². The van der Waals surface area contributed by atoms with E-state index < -0.39 is 0 Å². The van der Waals surface area contributed by atoms with Gasteiger partial charge in [-0.05, 0) is 48.2 Å². The minimum absolute atomic E-state index is 0.313. The summed E-state index contributed by atoms with van der Waals surface area (Å²) in [6.45, 7) is 0.447. The minimum atomic E-state index is -0.313. The average Bonchev–Trinajstić information content (AvgIpc) is 3.08. The van der Waals surface area contributed by atoms with Gasteiger partial charge in [-0.25, -0.2) is 4.98 Å². The average molecular weight is 280 g/mol. The molecule has 4 rings (SSSR count). The van der Waals surface area contributed by atoms with Gasteiger partial charge in [-0.3, -0.25) is 0 Å². The lowest BCUT2D eigenvalue weighted by atomic mass is 10.1. The number of imidazole rings is 1. The third kappa shape index (κ3) is 2.28. The molecule has 1 aromatic carbocycles. The summed E-state index contributed by atoms with van der Waals surface area (Å²) in [5, 5.41) is 9.81. The zero-order valence-corrected chi connectivity index (χ0v) is 11.6. The molecule has 106 valence electrons. The second-order valence-electron chi connectivity index (χ2n) is 5.40. The highest BCUT2D eigenvalue weighted by atomic mass is 16.5. The molecule has 0 amide bonds. The third-order valence-corrected chi connectivity index (χ3v) is 3.96. The molecule has 1 unspecified atom stereocenters. The van der Waals surface area contributed by atoms with Crippen molar-refractivity contribution in [2.75, 3.05) is 0 Å². The van der Waals surface area contributed by atoms with Gasteiger partial charge in [0.05, 0.1) is 11.8 Å². The first-order chi connectivity index (χ1) is 10.3. The van der Waals surface area contributed by atoms with E-state index in [-0.39, 0.29) is 6.10 Å². The zero-order chi connectivity index (χ0) is 14.2. The lowest BCUT2D eigenvalue weighted by Gasteiger charge is -2.07. The number of benzene rings is 1. The first-order valence-corrected chi connectivity index (χ1v) is 7.16. The van der Waals surface area contributed by atoms with E-state index in [1.807, 2.05) is 53.2 Å². The topological polar surface area (TPSA) is 46.8 Å². The number of fused-ring (bicyclic) bond motifs is 2. The van der Waals surface area contributed by atoms with Crippen molar-refractivity contribution in [2.45, 2.75) is 25.6 Å². The molecule has 4 nitrogen and oxygen atoms in total. The predicted octanol–water partition coefficient (Wildman–Crippen LogP) is 2.89. The molecule has 0 bridgehead atoms. The second-order valence-corrected chi connectivity index (χ2v) is 5.40. The molecule has 0 saturated carbocycles. The first kappa shape index (κ1) is 12.4. The Morgan fingerprint density at radius 2 is 2.24 bits per heavy atom. The number of nitrogens with zero attached hydrogens (tertiary/aromatic N) is 2. The summed E-state index contributed by atoms with van der Waals surface area (Å²) >= 11 is 0. The van der Waals surface area contributed by atoms with Crippen LogP contribution in [0, 0.1) is 0 Å². The summed E-state index contributed by atoms with van der Waals surface area (Å²) < 4.78 is 7.81. The molecule has 0 fully saturated rings. The fraction of sp³-hybridized carbons (Fsp3) is 0.235. The molecule has 1 aliphatic rings. The molecule has 21 heavy (non-hydrogen) atoms. The van der Waals surface area contributed by atoms with E-state index in [1.165, 1.54) is 5.56 Å². The highest BCUT2D eigenvalue weighted by molar-refractivity contribution is 5.41. The van der Waals surface area contributed by atoms with E-state index in [2.05, 4.69) is 4.98 Å². The summed E-state index contributed by atoms with van der Waals surface area (Å²) in [6, 6.07) is 11.8. The molecule has 0 aliphatic heterocycles. The lowest BCUT2D eigenvalue weighted by Crippen LogP contribution is -1.97. The van der Waals surface area contributed by atoms with Crippen molar-refractivity contribution in [1.29, 1.82) is 0 Å². The first-order valence-electron chi connectivity index (χ1n) is 7.16. The number of hydrogen-bond donors (Lipinski definition) is 1. The third-order valence-electron chi connectivity index (χ3n) is 3.96. The number of aryl methyl sites for hydroxylation is 1. The van der Waals surface area contributed by atoms with Crippen molar-refractivity contribution < 1.29 is 9.84 Å². The van der Waals surface area contributed by atoms with Gasteiger partial charge >= 0.3 is 0 Å². The number of aliphatic hydroxyl groups excluding tert-OH is 1. The molecule has 2 aromatic heterocycles. The van der Waals surface area contributed by atoms with Gasteiger partial charge in [0.2, 0.25) is 0 Å². The predicted molar refractivity (Wildman–Crippen MR) is 79.2 cm³/mol. The van der Waals surface area contributed by atoms with Crippen molar-refractivity contribution in [3.8, 4) is 5.75 Å². The number of hydrogen-bond acceptors (Lipinski definition) is 3. The number of aromatic nitrogens is 2. The highest BCUT2D eigenvalue weighted by Crippen LogP contribution is 2.33. The summed E-state index contributed by atoms with van der Waals surface area (Å²) in [6.07, 6.45) is 5.37. The highest BCUT2D eigenvalue weighted by Gasteiger charge is 2.20. The van der Waals surface area contributed by atoms with Crippen LogP contribution in [-0.2, 0) is 13.0 Å². The smallest absolute Gasteiger partial charge is 0.137 e. The number of rotatable bonds is 3. The van der Waals surface area contributed by atoms with E-state index in [9.17, 15) is 5.11 Å². The summed E-state index contributed by atoms with van der Waals surface area (Å²) in [7, 11) is 0. The van der Waals surface area contributed by atoms with Crippen LogP contribution < -0.4 is 4.74 Å². The molecular formula is C17H16N2O2. The molecule has 0 spiro atoms. The van der Waals surface area contributed by atoms with Crippen LogP contribution in [0.2, 0.25) is 0 Å². The molecule has 3 aromatic rings. The maximum Gasteiger partial charge on any atom is 0.137 e. The van der Waals surface area contributed by atoms with Crippen LogP contribution in [0.25, 0.3) is 5.65 Å². The number of aliphatic hydroxyl groups is 1. The van der Waals surface area contributed by atoms with Crippen LogP contribution in [0.5, 0.6) is 5.75 Å². The summed E-state index contributed by atoms with van der Waals surface area (Å²) in [5.41, 5.74) is 4.06. The van der Waals surface area contributed by atoms with Gasteiger partial charge in [-0.2, -0.15) is 0 Å². The van der Waals surface area contributed by atoms with Gasteiger partial charge in [0.15, 0.2) is 0 Å². The summed E-state index contributed by atoms with van der Waals surface area (Å²) in [5.74, 6) is 0.833. The molecule has 1 aliphatic carbocycles. The van der Waals surface area contributed by atoms with Crippen LogP contribution >= 0.6 is 0 Å². The van der Waals surface area contributed by atoms with Crippen LogP contribution in [-0.4, -0.2) is 14.5 Å². The Bertz CT molecular complexity index is 761. The van der Waals surface area contributed by atoms with Gasteiger partial charge < -0.3 is 14.2 Å². The van der Waals surface area contributed by atoms with Crippen LogP contribution in [0.1, 0.15) is 29.3 Å². The monoisotopic (exact) mass is 280 g/mol. The largest absolute Gasteiger partial charge is 0.487 e. The fourth-order valence-corrected chi connectivity index (χ4v) is 2.88. The zero-order valence-electron chi connectivity index (χ0n) is 11.6. The van der Waals surface area contributed by atoms with Crippen LogP contribution in [0.3, 0.4) is 0 Å². The standard InChI is InChI=1S/C17H16N2O2/c20-16-7-4-12-9-14(5-6-15(12)16)21-11-13-10-19-8-2-1-3-17(19)18-13/h1-3,5-6,8-10,16,20H,4,7,11H2. The molecule has 4 heteroatoms.